The van der Waals surface area contributed by atoms with Crippen molar-refractivity contribution in [2.75, 3.05) is 13.7 Å². The van der Waals surface area contributed by atoms with Gasteiger partial charge in [0.15, 0.2) is 0 Å². The fourth-order valence-corrected chi connectivity index (χ4v) is 2.04. The number of ether oxygens (including phenoxy) is 2. The third kappa shape index (κ3) is 2.46. The van der Waals surface area contributed by atoms with E-state index in [0.29, 0.717) is 6.42 Å². The maximum absolute atomic E-state index is 11.6. The van der Waals surface area contributed by atoms with Crippen LogP contribution in [0.15, 0.2) is 30.3 Å². The second-order valence-corrected chi connectivity index (χ2v) is 4.06. The summed E-state index contributed by atoms with van der Waals surface area (Å²) >= 11 is 0. The molecular formula is C13H14O4. The van der Waals surface area contributed by atoms with Gasteiger partial charge in [-0.1, -0.05) is 30.3 Å². The molecule has 1 heterocycles. The van der Waals surface area contributed by atoms with Crippen molar-refractivity contribution in [3.05, 3.63) is 35.9 Å². The largest absolute Gasteiger partial charge is 0.469 e. The Hall–Kier alpha value is -1.84. The zero-order valence-electron chi connectivity index (χ0n) is 9.59. The summed E-state index contributed by atoms with van der Waals surface area (Å²) in [7, 11) is 1.32. The molecule has 90 valence electrons. The van der Waals surface area contributed by atoms with Crippen molar-refractivity contribution in [2.45, 2.75) is 6.42 Å². The second kappa shape index (κ2) is 4.99. The van der Waals surface area contributed by atoms with Crippen LogP contribution in [0.25, 0.3) is 0 Å². The van der Waals surface area contributed by atoms with Crippen LogP contribution in [-0.2, 0) is 25.5 Å². The first-order valence-electron chi connectivity index (χ1n) is 5.50. The molecule has 0 aromatic heterocycles. The Morgan fingerprint density at radius 2 is 2.12 bits per heavy atom. The van der Waals surface area contributed by atoms with Gasteiger partial charge in [0.25, 0.3) is 0 Å². The van der Waals surface area contributed by atoms with Crippen molar-refractivity contribution < 1.29 is 19.1 Å². The maximum atomic E-state index is 11.6. The minimum absolute atomic E-state index is 0.128. The van der Waals surface area contributed by atoms with Gasteiger partial charge in [0, 0.05) is 0 Å². The van der Waals surface area contributed by atoms with Crippen LogP contribution in [0.4, 0.5) is 0 Å². The predicted molar refractivity (Wildman–Crippen MR) is 60.1 cm³/mol. The molecule has 0 aliphatic carbocycles. The number of benzene rings is 1. The molecular weight excluding hydrogens is 220 g/mol. The van der Waals surface area contributed by atoms with E-state index in [1.807, 2.05) is 30.3 Å². The van der Waals surface area contributed by atoms with Crippen LogP contribution in [0.5, 0.6) is 0 Å². The van der Waals surface area contributed by atoms with E-state index in [1.54, 1.807) is 0 Å². The number of carbonyl (C=O) groups excluding carboxylic acids is 2. The van der Waals surface area contributed by atoms with Gasteiger partial charge in [-0.15, -0.1) is 0 Å². The molecule has 0 amide bonds. The predicted octanol–water partition coefficient (Wildman–Crippen LogP) is 1.19. The monoisotopic (exact) mass is 234 g/mol. The Bertz CT molecular complexity index is 413. The lowest BCUT2D eigenvalue weighted by Crippen LogP contribution is -2.26. The molecule has 0 N–H and O–H groups in total. The van der Waals surface area contributed by atoms with Crippen LogP contribution < -0.4 is 0 Å². The van der Waals surface area contributed by atoms with Gasteiger partial charge in [-0.25, -0.2) is 0 Å². The van der Waals surface area contributed by atoms with Gasteiger partial charge < -0.3 is 9.47 Å². The minimum Gasteiger partial charge on any atom is -0.469 e. The number of hydrogen-bond acceptors (Lipinski definition) is 4. The molecule has 4 nitrogen and oxygen atoms in total. The van der Waals surface area contributed by atoms with Crippen LogP contribution in [0, 0.1) is 11.8 Å². The average molecular weight is 234 g/mol. The molecule has 2 rings (SSSR count). The summed E-state index contributed by atoms with van der Waals surface area (Å²) in [5.74, 6) is -1.60. The standard InChI is InChI=1S/C13H14O4/c1-16-12(14)11-8-17-13(15)10(11)7-9-5-3-2-4-6-9/h2-6,10-11H,7-8H2,1H3. The van der Waals surface area contributed by atoms with Gasteiger partial charge in [0.2, 0.25) is 0 Å². The van der Waals surface area contributed by atoms with E-state index in [-0.39, 0.29) is 18.5 Å². The van der Waals surface area contributed by atoms with Crippen LogP contribution in [0.2, 0.25) is 0 Å². The quantitative estimate of drug-likeness (QED) is 0.737. The molecule has 0 radical (unpaired) electrons. The van der Waals surface area contributed by atoms with Crippen molar-refractivity contribution in [3.63, 3.8) is 0 Å². The normalized spacial score (nSPS) is 23.2. The highest BCUT2D eigenvalue weighted by atomic mass is 16.6. The summed E-state index contributed by atoms with van der Waals surface area (Å²) in [6.45, 7) is 0.128. The molecule has 1 aromatic rings. The Labute approximate surface area is 99.5 Å². The molecule has 4 heteroatoms. The Kier molecular flexibility index (Phi) is 3.42. The number of rotatable bonds is 3. The molecule has 2 atom stereocenters. The Morgan fingerprint density at radius 1 is 1.41 bits per heavy atom. The summed E-state index contributed by atoms with van der Waals surface area (Å²) in [6.07, 6.45) is 0.513. The number of cyclic esters (lactones) is 1. The molecule has 1 aliphatic rings. The van der Waals surface area contributed by atoms with Crippen molar-refractivity contribution in [1.29, 1.82) is 0 Å². The highest BCUT2D eigenvalue weighted by molar-refractivity contribution is 5.85. The summed E-state index contributed by atoms with van der Waals surface area (Å²) in [5, 5.41) is 0. The maximum Gasteiger partial charge on any atom is 0.313 e. The lowest BCUT2D eigenvalue weighted by atomic mass is 9.89. The number of hydrogen-bond donors (Lipinski definition) is 0. The zero-order valence-corrected chi connectivity index (χ0v) is 9.59. The Balaban J connectivity index is 2.12. The first-order valence-corrected chi connectivity index (χ1v) is 5.50. The summed E-state index contributed by atoms with van der Waals surface area (Å²) in [5.41, 5.74) is 1.02. The topological polar surface area (TPSA) is 52.6 Å². The second-order valence-electron chi connectivity index (χ2n) is 4.06. The highest BCUT2D eigenvalue weighted by Gasteiger charge is 2.42. The van der Waals surface area contributed by atoms with Gasteiger partial charge in [-0.05, 0) is 12.0 Å². The lowest BCUT2D eigenvalue weighted by molar-refractivity contribution is -0.147. The minimum atomic E-state index is -0.479. The molecule has 1 saturated heterocycles. The molecule has 0 bridgehead atoms. The van der Waals surface area contributed by atoms with Crippen molar-refractivity contribution in [2.24, 2.45) is 11.8 Å². The van der Waals surface area contributed by atoms with E-state index in [1.165, 1.54) is 7.11 Å². The number of methoxy groups -OCH3 is 1. The van der Waals surface area contributed by atoms with E-state index < -0.39 is 11.8 Å². The number of carbonyl (C=O) groups is 2. The Morgan fingerprint density at radius 3 is 2.76 bits per heavy atom. The lowest BCUT2D eigenvalue weighted by Gasteiger charge is -2.12. The first kappa shape index (κ1) is 11.6. The third-order valence-corrected chi connectivity index (χ3v) is 3.00. The number of esters is 2. The fourth-order valence-electron chi connectivity index (χ4n) is 2.04. The van der Waals surface area contributed by atoms with Gasteiger partial charge in [-0.3, -0.25) is 9.59 Å². The van der Waals surface area contributed by atoms with Gasteiger partial charge in [0.05, 0.1) is 13.0 Å². The molecule has 0 spiro atoms. The van der Waals surface area contributed by atoms with E-state index >= 15 is 0 Å². The smallest absolute Gasteiger partial charge is 0.313 e. The molecule has 17 heavy (non-hydrogen) atoms. The van der Waals surface area contributed by atoms with E-state index in [2.05, 4.69) is 4.74 Å². The van der Waals surface area contributed by atoms with E-state index in [9.17, 15) is 9.59 Å². The van der Waals surface area contributed by atoms with Crippen molar-refractivity contribution in [3.8, 4) is 0 Å². The summed E-state index contributed by atoms with van der Waals surface area (Å²) < 4.78 is 9.61. The van der Waals surface area contributed by atoms with E-state index in [4.69, 9.17) is 4.74 Å². The average Bonchev–Trinajstić information content (AvgIpc) is 2.72. The SMILES string of the molecule is COC(=O)C1COC(=O)C1Cc1ccccc1. The molecule has 1 aliphatic heterocycles. The van der Waals surface area contributed by atoms with Crippen LogP contribution in [-0.4, -0.2) is 25.7 Å². The van der Waals surface area contributed by atoms with Crippen LogP contribution in [0.1, 0.15) is 5.56 Å². The molecule has 1 aromatic carbocycles. The fraction of sp³-hybridized carbons (Fsp3) is 0.385. The van der Waals surface area contributed by atoms with Crippen LogP contribution >= 0.6 is 0 Å². The first-order chi connectivity index (χ1) is 8.22. The zero-order chi connectivity index (χ0) is 12.3. The molecule has 1 fully saturated rings. The van der Waals surface area contributed by atoms with Gasteiger partial charge in [0.1, 0.15) is 12.5 Å². The van der Waals surface area contributed by atoms with Crippen molar-refractivity contribution in [1.82, 2.24) is 0 Å². The molecule has 0 saturated carbocycles. The summed E-state index contributed by atoms with van der Waals surface area (Å²) in [6, 6.07) is 9.58. The van der Waals surface area contributed by atoms with E-state index in [0.717, 1.165) is 5.56 Å². The van der Waals surface area contributed by atoms with Crippen molar-refractivity contribution >= 4 is 11.9 Å². The summed E-state index contributed by atoms with van der Waals surface area (Å²) in [4.78, 5) is 23.1. The van der Waals surface area contributed by atoms with Gasteiger partial charge in [-0.2, -0.15) is 0 Å². The highest BCUT2D eigenvalue weighted by Crippen LogP contribution is 2.26. The molecule has 2 unspecified atom stereocenters. The third-order valence-electron chi connectivity index (χ3n) is 3.00. The van der Waals surface area contributed by atoms with Gasteiger partial charge >= 0.3 is 11.9 Å². The van der Waals surface area contributed by atoms with Crippen LogP contribution in [0.3, 0.4) is 0 Å².